The first-order valence-electron chi connectivity index (χ1n) is 5.06. The molecule has 0 aromatic rings. The van der Waals surface area contributed by atoms with E-state index in [4.69, 9.17) is 4.74 Å². The van der Waals surface area contributed by atoms with Gasteiger partial charge in [-0.05, 0) is 40.4 Å². The van der Waals surface area contributed by atoms with Gasteiger partial charge in [-0.3, -0.25) is 0 Å². The molecule has 80 valence electrons. The summed E-state index contributed by atoms with van der Waals surface area (Å²) < 4.78 is 5.18. The number of hydrogen-bond donors (Lipinski definition) is 1. The van der Waals surface area contributed by atoms with Gasteiger partial charge in [0.1, 0.15) is 0 Å². The zero-order chi connectivity index (χ0) is 10.1. The number of nitrogens with zero attached hydrogens (tertiary/aromatic N) is 1. The Bertz CT molecular complexity index is 109. The van der Waals surface area contributed by atoms with E-state index in [9.17, 15) is 0 Å². The maximum Gasteiger partial charge on any atom is 0.0543 e. The molecule has 1 atom stereocenters. The molecule has 0 rings (SSSR count). The third kappa shape index (κ3) is 8.22. The van der Waals surface area contributed by atoms with Crippen LogP contribution in [0.1, 0.15) is 19.8 Å². The van der Waals surface area contributed by atoms with Gasteiger partial charge in [-0.1, -0.05) is 0 Å². The summed E-state index contributed by atoms with van der Waals surface area (Å²) in [6.45, 7) is 5.47. The van der Waals surface area contributed by atoms with Gasteiger partial charge in [-0.2, -0.15) is 0 Å². The molecule has 3 heteroatoms. The zero-order valence-corrected chi connectivity index (χ0v) is 9.47. The summed E-state index contributed by atoms with van der Waals surface area (Å²) in [7, 11) is 5.92. The van der Waals surface area contributed by atoms with Crippen molar-refractivity contribution in [3.05, 3.63) is 0 Å². The van der Waals surface area contributed by atoms with Gasteiger partial charge < -0.3 is 15.0 Å². The van der Waals surface area contributed by atoms with E-state index in [-0.39, 0.29) is 0 Å². The van der Waals surface area contributed by atoms with Gasteiger partial charge in [0.15, 0.2) is 0 Å². The van der Waals surface area contributed by atoms with Crippen LogP contribution in [0.4, 0.5) is 0 Å². The molecule has 1 unspecified atom stereocenters. The van der Waals surface area contributed by atoms with Crippen LogP contribution in [-0.4, -0.2) is 51.8 Å². The lowest BCUT2D eigenvalue weighted by molar-refractivity contribution is 0.106. The molecule has 3 nitrogen and oxygen atoms in total. The fourth-order valence-electron chi connectivity index (χ4n) is 1.18. The van der Waals surface area contributed by atoms with Crippen molar-refractivity contribution < 1.29 is 4.74 Å². The Morgan fingerprint density at radius 1 is 1.38 bits per heavy atom. The third-order valence-electron chi connectivity index (χ3n) is 2.30. The quantitative estimate of drug-likeness (QED) is 0.614. The predicted molar refractivity (Wildman–Crippen MR) is 57.1 cm³/mol. The number of methoxy groups -OCH3 is 1. The molecule has 0 aliphatic rings. The summed E-state index contributed by atoms with van der Waals surface area (Å²) in [5.41, 5.74) is 0. The molecule has 0 saturated carbocycles. The van der Waals surface area contributed by atoms with Gasteiger partial charge >= 0.3 is 0 Å². The number of rotatable bonds is 8. The van der Waals surface area contributed by atoms with Gasteiger partial charge in [0.05, 0.1) is 6.10 Å². The smallest absolute Gasteiger partial charge is 0.0543 e. The summed E-state index contributed by atoms with van der Waals surface area (Å²) in [5.74, 6) is 0. The van der Waals surface area contributed by atoms with Crippen molar-refractivity contribution in [3.8, 4) is 0 Å². The Labute approximate surface area is 82.4 Å². The topological polar surface area (TPSA) is 24.5 Å². The second-order valence-corrected chi connectivity index (χ2v) is 3.60. The van der Waals surface area contributed by atoms with E-state index in [1.807, 2.05) is 7.05 Å². The van der Waals surface area contributed by atoms with E-state index in [2.05, 4.69) is 24.2 Å². The molecule has 0 aliphatic heterocycles. The van der Waals surface area contributed by atoms with E-state index in [0.29, 0.717) is 6.10 Å². The molecule has 0 saturated heterocycles. The van der Waals surface area contributed by atoms with E-state index in [1.54, 1.807) is 7.11 Å². The fourth-order valence-corrected chi connectivity index (χ4v) is 1.18. The van der Waals surface area contributed by atoms with Crippen LogP contribution < -0.4 is 5.32 Å². The van der Waals surface area contributed by atoms with Crippen molar-refractivity contribution in [3.63, 3.8) is 0 Å². The highest BCUT2D eigenvalue weighted by Crippen LogP contribution is 2.00. The normalized spacial score (nSPS) is 13.6. The van der Waals surface area contributed by atoms with E-state index >= 15 is 0 Å². The van der Waals surface area contributed by atoms with Crippen LogP contribution in [0.3, 0.4) is 0 Å². The molecular weight excluding hydrogens is 164 g/mol. The van der Waals surface area contributed by atoms with Crippen molar-refractivity contribution in [2.75, 3.05) is 40.8 Å². The predicted octanol–water partition coefficient (Wildman–Crippen LogP) is 0.953. The summed E-state index contributed by atoms with van der Waals surface area (Å²) >= 11 is 0. The zero-order valence-electron chi connectivity index (χ0n) is 9.47. The van der Waals surface area contributed by atoms with E-state index < -0.39 is 0 Å². The number of nitrogens with one attached hydrogen (secondary N) is 1. The SMILES string of the molecule is CNCCN(C)CCCC(C)OC. The number of hydrogen-bond acceptors (Lipinski definition) is 3. The first kappa shape index (κ1) is 12.9. The minimum atomic E-state index is 0.401. The fraction of sp³-hybridized carbons (Fsp3) is 1.00. The Morgan fingerprint density at radius 2 is 2.08 bits per heavy atom. The van der Waals surface area contributed by atoms with Crippen molar-refractivity contribution >= 4 is 0 Å². The molecule has 0 heterocycles. The third-order valence-corrected chi connectivity index (χ3v) is 2.30. The highest BCUT2D eigenvalue weighted by Gasteiger charge is 2.01. The summed E-state index contributed by atoms with van der Waals surface area (Å²) in [4.78, 5) is 2.35. The molecule has 0 aliphatic carbocycles. The molecule has 0 aromatic heterocycles. The van der Waals surface area contributed by atoms with E-state index in [0.717, 1.165) is 26.1 Å². The summed E-state index contributed by atoms with van der Waals surface area (Å²) in [6, 6.07) is 0. The molecular formula is C10H24N2O. The van der Waals surface area contributed by atoms with Crippen LogP contribution in [0.15, 0.2) is 0 Å². The van der Waals surface area contributed by atoms with Crippen LogP contribution >= 0.6 is 0 Å². The first-order valence-corrected chi connectivity index (χ1v) is 5.06. The monoisotopic (exact) mass is 188 g/mol. The van der Waals surface area contributed by atoms with Gasteiger partial charge in [-0.25, -0.2) is 0 Å². The molecule has 0 spiro atoms. The van der Waals surface area contributed by atoms with Crippen molar-refractivity contribution in [1.82, 2.24) is 10.2 Å². The largest absolute Gasteiger partial charge is 0.382 e. The van der Waals surface area contributed by atoms with Gasteiger partial charge in [-0.15, -0.1) is 0 Å². The lowest BCUT2D eigenvalue weighted by Crippen LogP contribution is -2.28. The molecule has 0 radical (unpaired) electrons. The summed E-state index contributed by atoms with van der Waals surface area (Å²) in [5, 5.41) is 3.14. The minimum absolute atomic E-state index is 0.401. The maximum absolute atomic E-state index is 5.18. The first-order chi connectivity index (χ1) is 6.20. The minimum Gasteiger partial charge on any atom is -0.382 e. The molecule has 13 heavy (non-hydrogen) atoms. The highest BCUT2D eigenvalue weighted by molar-refractivity contribution is 4.56. The molecule has 0 fully saturated rings. The van der Waals surface area contributed by atoms with Crippen molar-refractivity contribution in [2.45, 2.75) is 25.9 Å². The second-order valence-electron chi connectivity index (χ2n) is 3.60. The number of ether oxygens (including phenoxy) is 1. The Balaban J connectivity index is 3.21. The molecule has 0 bridgehead atoms. The van der Waals surface area contributed by atoms with Crippen LogP contribution in [0.5, 0.6) is 0 Å². The Hall–Kier alpha value is -0.120. The standard InChI is InChI=1S/C10H24N2O/c1-10(13-4)6-5-8-12(3)9-7-11-2/h10-11H,5-9H2,1-4H3. The van der Waals surface area contributed by atoms with Crippen molar-refractivity contribution in [1.29, 1.82) is 0 Å². The number of likely N-dealkylation sites (N-methyl/N-ethyl adjacent to an activating group) is 2. The average Bonchev–Trinajstić information content (AvgIpc) is 2.14. The lowest BCUT2D eigenvalue weighted by atomic mass is 10.2. The summed E-state index contributed by atoms with van der Waals surface area (Å²) in [6.07, 6.45) is 2.77. The molecule has 0 amide bonds. The van der Waals surface area contributed by atoms with Crippen LogP contribution in [0.25, 0.3) is 0 Å². The van der Waals surface area contributed by atoms with Gasteiger partial charge in [0, 0.05) is 20.2 Å². The lowest BCUT2D eigenvalue weighted by Gasteiger charge is -2.17. The van der Waals surface area contributed by atoms with Gasteiger partial charge in [0.2, 0.25) is 0 Å². The van der Waals surface area contributed by atoms with Crippen LogP contribution in [0.2, 0.25) is 0 Å². The molecule has 1 N–H and O–H groups in total. The highest BCUT2D eigenvalue weighted by atomic mass is 16.5. The average molecular weight is 188 g/mol. The molecule has 0 aromatic carbocycles. The Morgan fingerprint density at radius 3 is 2.62 bits per heavy atom. The second kappa shape index (κ2) is 8.48. The Kier molecular flexibility index (Phi) is 8.40. The van der Waals surface area contributed by atoms with E-state index in [1.165, 1.54) is 6.42 Å². The van der Waals surface area contributed by atoms with Crippen LogP contribution in [0, 0.1) is 0 Å². The maximum atomic E-state index is 5.18. The van der Waals surface area contributed by atoms with Crippen molar-refractivity contribution in [2.24, 2.45) is 0 Å². The van der Waals surface area contributed by atoms with Crippen LogP contribution in [-0.2, 0) is 4.74 Å². The van der Waals surface area contributed by atoms with Gasteiger partial charge in [0.25, 0.3) is 0 Å².